The van der Waals surface area contributed by atoms with Crippen LogP contribution in [0, 0.1) is 5.92 Å². The van der Waals surface area contributed by atoms with Gasteiger partial charge in [-0.3, -0.25) is 0 Å². The third-order valence-electron chi connectivity index (χ3n) is 2.21. The molecule has 8 heteroatoms. The van der Waals surface area contributed by atoms with Crippen molar-refractivity contribution < 1.29 is 8.42 Å². The maximum atomic E-state index is 12.0. The topological polar surface area (TPSA) is 72.2 Å². The molecule has 18 heavy (non-hydrogen) atoms. The Morgan fingerprint density at radius 3 is 2.33 bits per heavy atom. The van der Waals surface area contributed by atoms with Crippen molar-refractivity contribution in [3.05, 3.63) is 28.2 Å². The van der Waals surface area contributed by atoms with Crippen molar-refractivity contribution >= 4 is 50.4 Å². The van der Waals surface area contributed by atoms with Crippen molar-refractivity contribution in [1.82, 2.24) is 4.72 Å². The molecule has 0 amide bonds. The number of halogens is 2. The molecule has 0 aromatic heterocycles. The zero-order valence-corrected chi connectivity index (χ0v) is 12.6. The standard InChI is InChI=1S/C10H12Cl2N2O2S2/c1-6(10(13)17)5-14-18(15,16)9-3-7(11)2-8(12)4-9/h2-4,6,14H,5H2,1H3,(H2,13,17). The molecule has 0 bridgehead atoms. The summed E-state index contributed by atoms with van der Waals surface area (Å²) in [5, 5.41) is 0.510. The average molecular weight is 327 g/mol. The lowest BCUT2D eigenvalue weighted by molar-refractivity contribution is 0.575. The van der Waals surface area contributed by atoms with Gasteiger partial charge < -0.3 is 5.73 Å². The molecule has 1 unspecified atom stereocenters. The summed E-state index contributed by atoms with van der Waals surface area (Å²) in [6.07, 6.45) is 0. The Kier molecular flexibility index (Phi) is 5.36. The van der Waals surface area contributed by atoms with Gasteiger partial charge in [-0.2, -0.15) is 0 Å². The molecule has 1 aromatic carbocycles. The maximum absolute atomic E-state index is 12.0. The van der Waals surface area contributed by atoms with E-state index in [9.17, 15) is 8.42 Å². The Morgan fingerprint density at radius 1 is 1.39 bits per heavy atom. The fourth-order valence-electron chi connectivity index (χ4n) is 1.10. The summed E-state index contributed by atoms with van der Waals surface area (Å²) in [4.78, 5) is 0.261. The van der Waals surface area contributed by atoms with Crippen LogP contribution in [0.15, 0.2) is 23.1 Å². The van der Waals surface area contributed by atoms with E-state index >= 15 is 0 Å². The third kappa shape index (κ3) is 4.37. The highest BCUT2D eigenvalue weighted by atomic mass is 35.5. The Morgan fingerprint density at radius 2 is 1.89 bits per heavy atom. The minimum absolute atomic E-state index is 0.00939. The minimum Gasteiger partial charge on any atom is -0.393 e. The van der Waals surface area contributed by atoms with E-state index in [0.717, 1.165) is 0 Å². The second-order valence-electron chi connectivity index (χ2n) is 3.76. The molecule has 1 aromatic rings. The molecule has 0 aliphatic heterocycles. The highest BCUT2D eigenvalue weighted by Crippen LogP contribution is 2.22. The number of thiocarbonyl (C=S) groups is 1. The molecule has 0 saturated heterocycles. The maximum Gasteiger partial charge on any atom is 0.240 e. The molecule has 3 N–H and O–H groups in total. The molecule has 0 aliphatic carbocycles. The van der Waals surface area contributed by atoms with E-state index in [4.69, 9.17) is 41.2 Å². The molecule has 4 nitrogen and oxygen atoms in total. The number of hydrogen-bond acceptors (Lipinski definition) is 3. The average Bonchev–Trinajstić information content (AvgIpc) is 2.24. The summed E-state index contributed by atoms with van der Waals surface area (Å²) in [5.74, 6) is -0.232. The van der Waals surface area contributed by atoms with Crippen LogP contribution in [0.1, 0.15) is 6.92 Å². The minimum atomic E-state index is -3.67. The molecule has 0 saturated carbocycles. The van der Waals surface area contributed by atoms with Crippen LogP contribution in [-0.4, -0.2) is 20.0 Å². The van der Waals surface area contributed by atoms with Crippen LogP contribution in [0.2, 0.25) is 10.0 Å². The van der Waals surface area contributed by atoms with E-state index < -0.39 is 10.0 Å². The summed E-state index contributed by atoms with van der Waals surface area (Å²) in [5.41, 5.74) is 5.41. The first-order valence-electron chi connectivity index (χ1n) is 4.97. The van der Waals surface area contributed by atoms with Crippen molar-refractivity contribution in [2.24, 2.45) is 11.7 Å². The Bertz CT molecular complexity index is 541. The van der Waals surface area contributed by atoms with E-state index in [2.05, 4.69) is 4.72 Å². The fourth-order valence-corrected chi connectivity index (χ4v) is 3.04. The molecule has 1 atom stereocenters. The normalized spacial score (nSPS) is 13.3. The first-order chi connectivity index (χ1) is 8.22. The molecule has 0 heterocycles. The quantitative estimate of drug-likeness (QED) is 0.813. The highest BCUT2D eigenvalue weighted by molar-refractivity contribution is 7.89. The lowest BCUT2D eigenvalue weighted by atomic mass is 10.2. The predicted octanol–water partition coefficient (Wildman–Crippen LogP) is 2.19. The zero-order valence-electron chi connectivity index (χ0n) is 9.48. The zero-order chi connectivity index (χ0) is 13.9. The number of benzene rings is 1. The highest BCUT2D eigenvalue weighted by Gasteiger charge is 2.17. The first kappa shape index (κ1) is 15.7. The van der Waals surface area contributed by atoms with Crippen molar-refractivity contribution in [2.45, 2.75) is 11.8 Å². The molecular formula is C10H12Cl2N2O2S2. The van der Waals surface area contributed by atoms with Gasteiger partial charge in [-0.1, -0.05) is 42.3 Å². The van der Waals surface area contributed by atoms with Crippen LogP contribution in [0.3, 0.4) is 0 Å². The predicted molar refractivity (Wildman–Crippen MR) is 77.6 cm³/mol. The van der Waals surface area contributed by atoms with E-state index in [-0.39, 0.29) is 32.4 Å². The van der Waals surface area contributed by atoms with Gasteiger partial charge >= 0.3 is 0 Å². The number of nitrogens with two attached hydrogens (primary N) is 1. The smallest absolute Gasteiger partial charge is 0.240 e. The van der Waals surface area contributed by atoms with Crippen molar-refractivity contribution in [3.63, 3.8) is 0 Å². The third-order valence-corrected chi connectivity index (χ3v) is 4.45. The van der Waals surface area contributed by atoms with Crippen molar-refractivity contribution in [3.8, 4) is 0 Å². The molecule has 0 radical (unpaired) electrons. The number of rotatable bonds is 5. The van der Waals surface area contributed by atoms with Crippen LogP contribution in [0.25, 0.3) is 0 Å². The van der Waals surface area contributed by atoms with Gasteiger partial charge in [0.2, 0.25) is 10.0 Å². The van der Waals surface area contributed by atoms with E-state index in [1.165, 1.54) is 18.2 Å². The molecule has 0 aliphatic rings. The monoisotopic (exact) mass is 326 g/mol. The van der Waals surface area contributed by atoms with Gasteiger partial charge in [0, 0.05) is 22.5 Å². The van der Waals surface area contributed by atoms with Crippen molar-refractivity contribution in [1.29, 1.82) is 0 Å². The van der Waals surface area contributed by atoms with Gasteiger partial charge in [-0.05, 0) is 18.2 Å². The second kappa shape index (κ2) is 6.16. The Labute approximate surface area is 122 Å². The van der Waals surface area contributed by atoms with E-state index in [1.807, 2.05) is 0 Å². The molecular weight excluding hydrogens is 315 g/mol. The van der Waals surface area contributed by atoms with Gasteiger partial charge in [0.15, 0.2) is 0 Å². The van der Waals surface area contributed by atoms with Crippen molar-refractivity contribution in [2.75, 3.05) is 6.54 Å². The van der Waals surface area contributed by atoms with Crippen LogP contribution in [0.4, 0.5) is 0 Å². The molecule has 1 rings (SSSR count). The number of nitrogens with one attached hydrogen (secondary N) is 1. The molecule has 100 valence electrons. The fraction of sp³-hybridized carbons (Fsp3) is 0.300. The Hall–Kier alpha value is -0.400. The number of sulfonamides is 1. The van der Waals surface area contributed by atoms with Gasteiger partial charge in [0.25, 0.3) is 0 Å². The lowest BCUT2D eigenvalue weighted by Gasteiger charge is -2.11. The SMILES string of the molecule is CC(CNS(=O)(=O)c1cc(Cl)cc(Cl)c1)C(N)=S. The van der Waals surface area contributed by atoms with E-state index in [1.54, 1.807) is 6.92 Å². The van der Waals surface area contributed by atoms with Crippen LogP contribution < -0.4 is 10.5 Å². The van der Waals surface area contributed by atoms with Crippen LogP contribution in [0.5, 0.6) is 0 Å². The van der Waals surface area contributed by atoms with Gasteiger partial charge in [0.1, 0.15) is 0 Å². The van der Waals surface area contributed by atoms with E-state index in [0.29, 0.717) is 0 Å². The summed E-state index contributed by atoms with van der Waals surface area (Å²) < 4.78 is 26.3. The van der Waals surface area contributed by atoms with Crippen LogP contribution >= 0.6 is 35.4 Å². The summed E-state index contributed by atoms with van der Waals surface area (Å²) in [6, 6.07) is 4.10. The first-order valence-corrected chi connectivity index (χ1v) is 7.62. The molecule has 0 spiro atoms. The van der Waals surface area contributed by atoms with Gasteiger partial charge in [-0.25, -0.2) is 13.1 Å². The lowest BCUT2D eigenvalue weighted by Crippen LogP contribution is -2.33. The summed E-state index contributed by atoms with van der Waals surface area (Å²) in [6.45, 7) is 1.86. The van der Waals surface area contributed by atoms with Gasteiger partial charge in [0.05, 0.1) is 9.88 Å². The molecule has 0 fully saturated rings. The largest absolute Gasteiger partial charge is 0.393 e. The number of hydrogen-bond donors (Lipinski definition) is 2. The summed E-state index contributed by atoms with van der Waals surface area (Å²) in [7, 11) is -3.67. The van der Waals surface area contributed by atoms with Gasteiger partial charge in [-0.15, -0.1) is 0 Å². The Balaban J connectivity index is 2.90. The summed E-state index contributed by atoms with van der Waals surface area (Å²) >= 11 is 16.3. The van der Waals surface area contributed by atoms with Crippen LogP contribution in [-0.2, 0) is 10.0 Å². The second-order valence-corrected chi connectivity index (χ2v) is 6.87.